The van der Waals surface area contributed by atoms with Crippen molar-refractivity contribution in [2.45, 2.75) is 26.6 Å². The Hall–Kier alpha value is -2.72. The number of halogens is 3. The van der Waals surface area contributed by atoms with Crippen LogP contribution in [0.25, 0.3) is 10.2 Å². The lowest BCUT2D eigenvalue weighted by atomic mass is 10.2. The summed E-state index contributed by atoms with van der Waals surface area (Å²) in [6.45, 7) is 4.76. The first-order chi connectivity index (χ1) is 13.7. The summed E-state index contributed by atoms with van der Waals surface area (Å²) in [5, 5.41) is 2.92. The Kier molecular flexibility index (Phi) is 6.04. The second kappa shape index (κ2) is 8.34. The molecule has 0 saturated carbocycles. The van der Waals surface area contributed by atoms with Crippen molar-refractivity contribution >= 4 is 33.1 Å². The topological polar surface area (TPSA) is 73.2 Å². The molecule has 0 bridgehead atoms. The number of nitrogens with one attached hydrogen (secondary N) is 1. The highest BCUT2D eigenvalue weighted by molar-refractivity contribution is 7.20. The first-order valence-electron chi connectivity index (χ1n) is 8.77. The predicted molar refractivity (Wildman–Crippen MR) is 105 cm³/mol. The third-order valence-corrected chi connectivity index (χ3v) is 5.47. The van der Waals surface area contributed by atoms with Crippen LogP contribution in [0.4, 0.5) is 18.9 Å². The Morgan fingerprint density at radius 1 is 1.28 bits per heavy atom. The molecule has 0 aliphatic rings. The average molecular weight is 425 g/mol. The number of alkyl halides is 3. The monoisotopic (exact) mass is 425 g/mol. The number of aromatic nitrogens is 2. The van der Waals surface area contributed by atoms with Gasteiger partial charge in [-0.05, 0) is 43.7 Å². The van der Waals surface area contributed by atoms with Gasteiger partial charge in [0.1, 0.15) is 4.83 Å². The van der Waals surface area contributed by atoms with Crippen LogP contribution in [0, 0.1) is 6.92 Å². The van der Waals surface area contributed by atoms with Crippen LogP contribution >= 0.6 is 11.3 Å². The quantitative estimate of drug-likeness (QED) is 0.604. The lowest BCUT2D eigenvalue weighted by molar-refractivity contribution is -0.137. The van der Waals surface area contributed by atoms with Gasteiger partial charge >= 0.3 is 6.18 Å². The molecule has 1 amide bonds. The van der Waals surface area contributed by atoms with Crippen molar-refractivity contribution in [1.82, 2.24) is 9.55 Å². The summed E-state index contributed by atoms with van der Waals surface area (Å²) < 4.78 is 44.6. The molecular formula is C19H18F3N3O3S. The number of fused-ring (bicyclic) bond motifs is 1. The molecule has 0 aliphatic carbocycles. The lowest BCUT2D eigenvalue weighted by Crippen LogP contribution is -2.23. The molecule has 154 valence electrons. The van der Waals surface area contributed by atoms with E-state index in [9.17, 15) is 22.8 Å². The van der Waals surface area contributed by atoms with E-state index in [4.69, 9.17) is 4.74 Å². The normalized spacial score (nSPS) is 11.8. The van der Waals surface area contributed by atoms with Crippen molar-refractivity contribution in [3.05, 3.63) is 57.0 Å². The minimum atomic E-state index is -4.45. The van der Waals surface area contributed by atoms with Crippen LogP contribution in [0.3, 0.4) is 0 Å². The number of hydrogen-bond acceptors (Lipinski definition) is 5. The van der Waals surface area contributed by atoms with Crippen molar-refractivity contribution in [1.29, 1.82) is 0 Å². The molecule has 2 aromatic heterocycles. The van der Waals surface area contributed by atoms with Crippen LogP contribution in [0.15, 0.2) is 35.4 Å². The van der Waals surface area contributed by atoms with Gasteiger partial charge in [0.25, 0.3) is 11.5 Å². The molecule has 0 saturated heterocycles. The zero-order chi connectivity index (χ0) is 21.2. The summed E-state index contributed by atoms with van der Waals surface area (Å²) in [7, 11) is 0. The standard InChI is InChI=1S/C19H18F3N3O3S/c1-3-28-9-8-25-10-23-17-14(18(25)27)11(2)15(29-17)16(26)24-13-6-4-12(5-7-13)19(20,21)22/h4-7,10H,3,8-9H2,1-2H3,(H,24,26). The van der Waals surface area contributed by atoms with Crippen LogP contribution in [0.1, 0.15) is 27.7 Å². The maximum absolute atomic E-state index is 12.7. The molecule has 3 aromatic rings. The molecule has 0 spiro atoms. The van der Waals surface area contributed by atoms with E-state index < -0.39 is 17.6 Å². The fourth-order valence-corrected chi connectivity index (χ4v) is 3.81. The van der Waals surface area contributed by atoms with Crippen LogP contribution in [-0.4, -0.2) is 28.7 Å². The number of amides is 1. The molecule has 2 heterocycles. The summed E-state index contributed by atoms with van der Waals surface area (Å²) in [4.78, 5) is 30.3. The van der Waals surface area contributed by atoms with Gasteiger partial charge in [0.2, 0.25) is 0 Å². The van der Waals surface area contributed by atoms with Crippen molar-refractivity contribution < 1.29 is 22.7 Å². The molecule has 0 fully saturated rings. The van der Waals surface area contributed by atoms with Gasteiger partial charge in [-0.1, -0.05) is 0 Å². The smallest absolute Gasteiger partial charge is 0.380 e. The van der Waals surface area contributed by atoms with Crippen molar-refractivity contribution in [3.63, 3.8) is 0 Å². The van der Waals surface area contributed by atoms with Crippen LogP contribution in [0.2, 0.25) is 0 Å². The van der Waals surface area contributed by atoms with Gasteiger partial charge in [-0.2, -0.15) is 13.2 Å². The molecule has 10 heteroatoms. The second-order valence-corrected chi connectivity index (χ2v) is 7.20. The van der Waals surface area contributed by atoms with Gasteiger partial charge < -0.3 is 10.1 Å². The molecular weight excluding hydrogens is 407 g/mol. The maximum Gasteiger partial charge on any atom is 0.416 e. The molecule has 0 unspecified atom stereocenters. The van der Waals surface area contributed by atoms with Crippen molar-refractivity contribution in [2.75, 3.05) is 18.5 Å². The molecule has 3 rings (SSSR count). The third kappa shape index (κ3) is 4.48. The summed E-state index contributed by atoms with van der Waals surface area (Å²) in [6.07, 6.45) is -3.03. The third-order valence-electron chi connectivity index (χ3n) is 4.27. The number of rotatable bonds is 6. The zero-order valence-corrected chi connectivity index (χ0v) is 16.5. The Labute approximate surface area is 167 Å². The van der Waals surface area contributed by atoms with Crippen LogP contribution in [-0.2, 0) is 17.5 Å². The minimum Gasteiger partial charge on any atom is -0.380 e. The number of anilines is 1. The number of aryl methyl sites for hydroxylation is 1. The summed E-state index contributed by atoms with van der Waals surface area (Å²) in [5.74, 6) is -0.509. The Balaban J connectivity index is 1.85. The molecule has 0 radical (unpaired) electrons. The van der Waals surface area contributed by atoms with E-state index in [1.165, 1.54) is 23.0 Å². The predicted octanol–water partition coefficient (Wildman–Crippen LogP) is 4.07. The highest BCUT2D eigenvalue weighted by Crippen LogP contribution is 2.31. The number of ether oxygens (including phenoxy) is 1. The van der Waals surface area contributed by atoms with E-state index in [0.29, 0.717) is 35.5 Å². The van der Waals surface area contributed by atoms with Crippen molar-refractivity contribution in [2.24, 2.45) is 0 Å². The number of nitrogens with zero attached hydrogens (tertiary/aromatic N) is 2. The van der Waals surface area contributed by atoms with Gasteiger partial charge in [-0.25, -0.2) is 4.98 Å². The number of carbonyl (C=O) groups is 1. The Morgan fingerprint density at radius 2 is 1.97 bits per heavy atom. The number of hydrogen-bond donors (Lipinski definition) is 1. The maximum atomic E-state index is 12.7. The number of carbonyl (C=O) groups excluding carboxylic acids is 1. The molecule has 0 aliphatic heterocycles. The van der Waals surface area contributed by atoms with Crippen LogP contribution in [0.5, 0.6) is 0 Å². The molecule has 0 atom stereocenters. The second-order valence-electron chi connectivity index (χ2n) is 6.21. The molecule has 29 heavy (non-hydrogen) atoms. The van der Waals surface area contributed by atoms with Gasteiger partial charge in [0.15, 0.2) is 0 Å². The minimum absolute atomic E-state index is 0.224. The van der Waals surface area contributed by atoms with E-state index in [1.807, 2.05) is 6.92 Å². The van der Waals surface area contributed by atoms with E-state index in [0.717, 1.165) is 23.5 Å². The summed E-state index contributed by atoms with van der Waals surface area (Å²) >= 11 is 1.06. The van der Waals surface area contributed by atoms with E-state index in [2.05, 4.69) is 10.3 Å². The van der Waals surface area contributed by atoms with E-state index in [-0.39, 0.29) is 16.1 Å². The van der Waals surface area contributed by atoms with Gasteiger partial charge in [-0.3, -0.25) is 14.2 Å². The van der Waals surface area contributed by atoms with Gasteiger partial charge in [-0.15, -0.1) is 11.3 Å². The van der Waals surface area contributed by atoms with Gasteiger partial charge in [0, 0.05) is 12.3 Å². The largest absolute Gasteiger partial charge is 0.416 e. The fourth-order valence-electron chi connectivity index (χ4n) is 2.77. The first-order valence-corrected chi connectivity index (χ1v) is 9.59. The van der Waals surface area contributed by atoms with E-state index >= 15 is 0 Å². The number of thiophene rings is 1. The number of benzene rings is 1. The fraction of sp³-hybridized carbons (Fsp3) is 0.316. The van der Waals surface area contributed by atoms with Gasteiger partial charge in [0.05, 0.1) is 35.3 Å². The molecule has 1 aromatic carbocycles. The van der Waals surface area contributed by atoms with E-state index in [1.54, 1.807) is 6.92 Å². The summed E-state index contributed by atoms with van der Waals surface area (Å²) in [5.41, 5.74) is -0.359. The van der Waals surface area contributed by atoms with Crippen LogP contribution < -0.4 is 10.9 Å². The Bertz CT molecular complexity index is 1090. The molecule has 6 nitrogen and oxygen atoms in total. The first kappa shape index (κ1) is 21.0. The zero-order valence-electron chi connectivity index (χ0n) is 15.7. The average Bonchev–Trinajstić information content (AvgIpc) is 3.01. The van der Waals surface area contributed by atoms with Crippen molar-refractivity contribution in [3.8, 4) is 0 Å². The highest BCUT2D eigenvalue weighted by atomic mass is 32.1. The highest BCUT2D eigenvalue weighted by Gasteiger charge is 2.30. The molecule has 1 N–H and O–H groups in total. The Morgan fingerprint density at radius 3 is 2.59 bits per heavy atom. The summed E-state index contributed by atoms with van der Waals surface area (Å²) in [6, 6.07) is 4.16. The SMILES string of the molecule is CCOCCn1cnc2sc(C(=O)Nc3ccc(C(F)(F)F)cc3)c(C)c2c1=O. The lowest BCUT2D eigenvalue weighted by Gasteiger charge is -2.08.